The minimum atomic E-state index is -0.0390. The van der Waals surface area contributed by atoms with Crippen molar-refractivity contribution >= 4 is 29.1 Å². The van der Waals surface area contributed by atoms with Gasteiger partial charge in [0.05, 0.1) is 16.6 Å². The lowest BCUT2D eigenvalue weighted by Crippen LogP contribution is -2.49. The molecule has 1 saturated heterocycles. The van der Waals surface area contributed by atoms with E-state index in [9.17, 15) is 4.79 Å². The monoisotopic (exact) mass is 438 g/mol. The summed E-state index contributed by atoms with van der Waals surface area (Å²) in [4.78, 5) is 17.3. The molecule has 154 valence electrons. The van der Waals surface area contributed by atoms with E-state index >= 15 is 0 Å². The summed E-state index contributed by atoms with van der Waals surface area (Å²) in [5, 5.41) is 0.932. The normalized spacial score (nSPS) is 15.8. The van der Waals surface area contributed by atoms with Crippen LogP contribution in [0, 0.1) is 6.92 Å². The molecule has 1 aliphatic rings. The third-order valence-corrected chi connectivity index (χ3v) is 6.18. The Balaban J connectivity index is 1.53. The standard InChI is InChI=1S/C25H24Cl2N2O/c1-18-7-9-20(10-8-18)24(19-5-3-2-4-6-19)28-13-15-29(16-14-28)25(30)22-12-11-21(26)17-23(22)27/h2-12,17,24H,13-16H2,1H3. The van der Waals surface area contributed by atoms with Gasteiger partial charge in [0.15, 0.2) is 0 Å². The zero-order valence-corrected chi connectivity index (χ0v) is 18.4. The van der Waals surface area contributed by atoms with E-state index in [0.29, 0.717) is 28.7 Å². The molecule has 3 aromatic rings. The Hall–Kier alpha value is -2.33. The number of amides is 1. The van der Waals surface area contributed by atoms with Crippen molar-refractivity contribution in [2.75, 3.05) is 26.2 Å². The lowest BCUT2D eigenvalue weighted by Gasteiger charge is -2.40. The van der Waals surface area contributed by atoms with Crippen LogP contribution in [0.15, 0.2) is 72.8 Å². The van der Waals surface area contributed by atoms with Crippen LogP contribution in [0.3, 0.4) is 0 Å². The zero-order valence-electron chi connectivity index (χ0n) is 16.9. The average Bonchev–Trinajstić information content (AvgIpc) is 2.76. The van der Waals surface area contributed by atoms with Crippen LogP contribution in [0.4, 0.5) is 0 Å². The van der Waals surface area contributed by atoms with Crippen LogP contribution in [0.5, 0.6) is 0 Å². The fraction of sp³-hybridized carbons (Fsp3) is 0.240. The fourth-order valence-corrected chi connectivity index (χ4v) is 4.50. The molecule has 1 aliphatic heterocycles. The number of nitrogens with zero attached hydrogens (tertiary/aromatic N) is 2. The van der Waals surface area contributed by atoms with E-state index in [4.69, 9.17) is 23.2 Å². The van der Waals surface area contributed by atoms with Gasteiger partial charge in [-0.3, -0.25) is 9.69 Å². The molecular formula is C25H24Cl2N2O. The highest BCUT2D eigenvalue weighted by Crippen LogP contribution is 2.30. The van der Waals surface area contributed by atoms with E-state index in [2.05, 4.69) is 60.4 Å². The van der Waals surface area contributed by atoms with Crippen LogP contribution in [-0.4, -0.2) is 41.9 Å². The SMILES string of the molecule is Cc1ccc(C(c2ccccc2)N2CCN(C(=O)c3ccc(Cl)cc3Cl)CC2)cc1. The second kappa shape index (κ2) is 9.22. The summed E-state index contributed by atoms with van der Waals surface area (Å²) in [6, 6.07) is 24.5. The van der Waals surface area contributed by atoms with Gasteiger partial charge in [-0.05, 0) is 36.2 Å². The highest BCUT2D eigenvalue weighted by atomic mass is 35.5. The first-order valence-corrected chi connectivity index (χ1v) is 10.9. The molecule has 0 aromatic heterocycles. The molecular weight excluding hydrogens is 415 g/mol. The van der Waals surface area contributed by atoms with Gasteiger partial charge in [-0.1, -0.05) is 83.4 Å². The molecule has 30 heavy (non-hydrogen) atoms. The Morgan fingerprint density at radius 1 is 0.833 bits per heavy atom. The number of hydrogen-bond acceptors (Lipinski definition) is 2. The van der Waals surface area contributed by atoms with Crippen molar-refractivity contribution in [3.63, 3.8) is 0 Å². The number of piperazine rings is 1. The molecule has 0 N–H and O–H groups in total. The van der Waals surface area contributed by atoms with Gasteiger partial charge in [-0.2, -0.15) is 0 Å². The number of rotatable bonds is 4. The quantitative estimate of drug-likeness (QED) is 0.509. The molecule has 3 nitrogen and oxygen atoms in total. The van der Waals surface area contributed by atoms with Gasteiger partial charge in [0.25, 0.3) is 5.91 Å². The lowest BCUT2D eigenvalue weighted by molar-refractivity contribution is 0.0597. The molecule has 0 saturated carbocycles. The molecule has 4 rings (SSSR count). The van der Waals surface area contributed by atoms with Crippen LogP contribution in [-0.2, 0) is 0 Å². The summed E-state index contributed by atoms with van der Waals surface area (Å²) in [6.45, 7) is 5.02. The van der Waals surface area contributed by atoms with E-state index in [-0.39, 0.29) is 11.9 Å². The maximum absolute atomic E-state index is 13.0. The van der Waals surface area contributed by atoms with Crippen LogP contribution in [0.1, 0.15) is 33.1 Å². The van der Waals surface area contributed by atoms with Crippen LogP contribution < -0.4 is 0 Å². The molecule has 1 fully saturated rings. The summed E-state index contributed by atoms with van der Waals surface area (Å²) in [5.41, 5.74) is 4.29. The second-order valence-electron chi connectivity index (χ2n) is 7.68. The third-order valence-electron chi connectivity index (χ3n) is 5.64. The van der Waals surface area contributed by atoms with E-state index in [1.807, 2.05) is 11.0 Å². The van der Waals surface area contributed by atoms with Crippen molar-refractivity contribution in [1.29, 1.82) is 0 Å². The van der Waals surface area contributed by atoms with Gasteiger partial charge in [0.2, 0.25) is 0 Å². The average molecular weight is 439 g/mol. The molecule has 3 aromatic carbocycles. The summed E-state index contributed by atoms with van der Waals surface area (Å²) in [7, 11) is 0. The highest BCUT2D eigenvalue weighted by molar-refractivity contribution is 6.36. The smallest absolute Gasteiger partial charge is 0.255 e. The number of hydrogen-bond donors (Lipinski definition) is 0. The maximum atomic E-state index is 13.0. The molecule has 1 unspecified atom stereocenters. The number of benzene rings is 3. The number of carbonyl (C=O) groups excluding carboxylic acids is 1. The molecule has 0 radical (unpaired) electrons. The Bertz CT molecular complexity index is 1010. The zero-order chi connectivity index (χ0) is 21.1. The van der Waals surface area contributed by atoms with Crippen LogP contribution in [0.25, 0.3) is 0 Å². The fourth-order valence-electron chi connectivity index (χ4n) is 4.01. The predicted octanol–water partition coefficient (Wildman–Crippen LogP) is 5.85. The highest BCUT2D eigenvalue weighted by Gasteiger charge is 2.29. The largest absolute Gasteiger partial charge is 0.336 e. The molecule has 1 heterocycles. The maximum Gasteiger partial charge on any atom is 0.255 e. The molecule has 0 spiro atoms. The van der Waals surface area contributed by atoms with E-state index in [1.165, 1.54) is 16.7 Å². The van der Waals surface area contributed by atoms with Crippen molar-refractivity contribution in [2.24, 2.45) is 0 Å². The van der Waals surface area contributed by atoms with Crippen molar-refractivity contribution in [1.82, 2.24) is 9.80 Å². The van der Waals surface area contributed by atoms with Crippen molar-refractivity contribution in [2.45, 2.75) is 13.0 Å². The Kier molecular flexibility index (Phi) is 6.43. The Labute approximate surface area is 187 Å². The van der Waals surface area contributed by atoms with E-state index in [1.54, 1.807) is 18.2 Å². The number of halogens is 2. The van der Waals surface area contributed by atoms with Gasteiger partial charge in [-0.15, -0.1) is 0 Å². The summed E-state index contributed by atoms with van der Waals surface area (Å²) < 4.78 is 0. The van der Waals surface area contributed by atoms with Gasteiger partial charge in [0, 0.05) is 31.2 Å². The minimum Gasteiger partial charge on any atom is -0.336 e. The minimum absolute atomic E-state index is 0.0390. The summed E-state index contributed by atoms with van der Waals surface area (Å²) in [5.74, 6) is -0.0390. The first-order valence-electron chi connectivity index (χ1n) is 10.1. The topological polar surface area (TPSA) is 23.6 Å². The first kappa shape index (κ1) is 20.9. The number of carbonyl (C=O) groups is 1. The van der Waals surface area contributed by atoms with Gasteiger partial charge >= 0.3 is 0 Å². The Morgan fingerprint density at radius 2 is 1.47 bits per heavy atom. The predicted molar refractivity (Wildman–Crippen MR) is 123 cm³/mol. The van der Waals surface area contributed by atoms with Crippen LogP contribution in [0.2, 0.25) is 10.0 Å². The molecule has 5 heteroatoms. The van der Waals surface area contributed by atoms with Crippen molar-refractivity contribution in [3.8, 4) is 0 Å². The lowest BCUT2D eigenvalue weighted by atomic mass is 9.95. The van der Waals surface area contributed by atoms with Gasteiger partial charge < -0.3 is 4.90 Å². The number of aryl methyl sites for hydroxylation is 1. The molecule has 0 aliphatic carbocycles. The van der Waals surface area contributed by atoms with Gasteiger partial charge in [0.1, 0.15) is 0 Å². The first-order chi connectivity index (χ1) is 14.5. The van der Waals surface area contributed by atoms with Gasteiger partial charge in [-0.25, -0.2) is 0 Å². The van der Waals surface area contributed by atoms with Crippen LogP contribution >= 0.6 is 23.2 Å². The molecule has 1 atom stereocenters. The Morgan fingerprint density at radius 3 is 2.10 bits per heavy atom. The van der Waals surface area contributed by atoms with E-state index < -0.39 is 0 Å². The summed E-state index contributed by atoms with van der Waals surface area (Å²) >= 11 is 12.2. The van der Waals surface area contributed by atoms with Crippen molar-refractivity contribution in [3.05, 3.63) is 105 Å². The molecule has 0 bridgehead atoms. The van der Waals surface area contributed by atoms with E-state index in [0.717, 1.165) is 13.1 Å². The summed E-state index contributed by atoms with van der Waals surface area (Å²) in [6.07, 6.45) is 0. The third kappa shape index (κ3) is 4.54. The van der Waals surface area contributed by atoms with Crippen molar-refractivity contribution < 1.29 is 4.79 Å². The second-order valence-corrected chi connectivity index (χ2v) is 8.52. The molecule has 1 amide bonds.